The SMILES string of the molecule is CCNC(=NCc1ccc(C)cc1OCCOCC)NCCCc1nc2ccccc2[nH]1. The lowest BCUT2D eigenvalue weighted by atomic mass is 10.1. The molecule has 0 aliphatic carbocycles. The molecular weight excluding hydrogens is 402 g/mol. The minimum atomic E-state index is 0.536. The van der Waals surface area contributed by atoms with Crippen molar-refractivity contribution in [3.63, 3.8) is 0 Å². The van der Waals surface area contributed by atoms with Crippen molar-refractivity contribution in [3.8, 4) is 5.75 Å². The lowest BCUT2D eigenvalue weighted by molar-refractivity contribution is 0.110. The zero-order valence-electron chi connectivity index (χ0n) is 19.4. The number of aliphatic imine (C=N–C) groups is 1. The van der Waals surface area contributed by atoms with Crippen molar-refractivity contribution in [3.05, 3.63) is 59.4 Å². The van der Waals surface area contributed by atoms with Crippen molar-refractivity contribution in [2.24, 2.45) is 4.99 Å². The molecule has 0 bridgehead atoms. The molecule has 1 heterocycles. The minimum absolute atomic E-state index is 0.536. The first kappa shape index (κ1) is 23.6. The Morgan fingerprint density at radius 2 is 1.97 bits per heavy atom. The van der Waals surface area contributed by atoms with E-state index in [9.17, 15) is 0 Å². The van der Waals surface area contributed by atoms with E-state index in [1.807, 2.05) is 25.1 Å². The van der Waals surface area contributed by atoms with Crippen molar-refractivity contribution < 1.29 is 9.47 Å². The molecule has 0 atom stereocenters. The summed E-state index contributed by atoms with van der Waals surface area (Å²) >= 11 is 0. The Morgan fingerprint density at radius 1 is 1.09 bits per heavy atom. The smallest absolute Gasteiger partial charge is 0.191 e. The van der Waals surface area contributed by atoms with E-state index in [2.05, 4.69) is 58.7 Å². The van der Waals surface area contributed by atoms with Crippen molar-refractivity contribution in [2.75, 3.05) is 32.9 Å². The van der Waals surface area contributed by atoms with Crippen LogP contribution in [-0.4, -0.2) is 48.8 Å². The van der Waals surface area contributed by atoms with E-state index in [-0.39, 0.29) is 0 Å². The lowest BCUT2D eigenvalue weighted by Gasteiger charge is -2.13. The molecule has 0 saturated carbocycles. The maximum absolute atomic E-state index is 5.94. The quantitative estimate of drug-likeness (QED) is 0.227. The summed E-state index contributed by atoms with van der Waals surface area (Å²) in [5.41, 5.74) is 4.33. The topological polar surface area (TPSA) is 83.6 Å². The predicted molar refractivity (Wildman–Crippen MR) is 130 cm³/mol. The number of hydrogen-bond acceptors (Lipinski definition) is 4. The van der Waals surface area contributed by atoms with Crippen LogP contribution in [0.15, 0.2) is 47.5 Å². The van der Waals surface area contributed by atoms with E-state index in [1.54, 1.807) is 0 Å². The highest BCUT2D eigenvalue weighted by molar-refractivity contribution is 5.79. The monoisotopic (exact) mass is 437 g/mol. The summed E-state index contributed by atoms with van der Waals surface area (Å²) in [6.07, 6.45) is 1.84. The Kier molecular flexibility index (Phi) is 9.37. The van der Waals surface area contributed by atoms with Crippen LogP contribution in [0.25, 0.3) is 11.0 Å². The van der Waals surface area contributed by atoms with Crippen molar-refractivity contribution in [1.82, 2.24) is 20.6 Å². The summed E-state index contributed by atoms with van der Waals surface area (Å²) in [5, 5.41) is 6.74. The molecule has 0 aliphatic rings. The Balaban J connectivity index is 1.52. The fourth-order valence-electron chi connectivity index (χ4n) is 3.37. The number of aryl methyl sites for hydroxylation is 2. The Labute approximate surface area is 190 Å². The molecule has 0 aliphatic heterocycles. The second-order valence-electron chi connectivity index (χ2n) is 7.58. The maximum Gasteiger partial charge on any atom is 0.191 e. The number of guanidine groups is 1. The third-order valence-corrected chi connectivity index (χ3v) is 4.98. The normalized spacial score (nSPS) is 11.7. The zero-order chi connectivity index (χ0) is 22.6. The number of imidazole rings is 1. The Morgan fingerprint density at radius 3 is 2.78 bits per heavy atom. The van der Waals surface area contributed by atoms with E-state index < -0.39 is 0 Å². The number of nitrogens with one attached hydrogen (secondary N) is 3. The number of hydrogen-bond donors (Lipinski definition) is 3. The second-order valence-corrected chi connectivity index (χ2v) is 7.58. The van der Waals surface area contributed by atoms with Crippen LogP contribution in [0.2, 0.25) is 0 Å². The fraction of sp³-hybridized carbons (Fsp3) is 0.440. The van der Waals surface area contributed by atoms with Gasteiger partial charge in [0.2, 0.25) is 0 Å². The largest absolute Gasteiger partial charge is 0.491 e. The molecule has 7 nitrogen and oxygen atoms in total. The first-order valence-corrected chi connectivity index (χ1v) is 11.5. The minimum Gasteiger partial charge on any atom is -0.491 e. The number of aromatic nitrogens is 2. The molecule has 1 aromatic heterocycles. The molecule has 0 radical (unpaired) electrons. The molecule has 2 aromatic carbocycles. The lowest BCUT2D eigenvalue weighted by Crippen LogP contribution is -2.37. The predicted octanol–water partition coefficient (Wildman–Crippen LogP) is 3.97. The molecule has 0 saturated heterocycles. The molecule has 3 N–H and O–H groups in total. The maximum atomic E-state index is 5.94. The highest BCUT2D eigenvalue weighted by atomic mass is 16.5. The van der Waals surface area contributed by atoms with Crippen LogP contribution in [0.3, 0.4) is 0 Å². The molecule has 3 aromatic rings. The van der Waals surface area contributed by atoms with Crippen molar-refractivity contribution in [1.29, 1.82) is 0 Å². The molecule has 0 fully saturated rings. The second kappa shape index (κ2) is 12.7. The zero-order valence-corrected chi connectivity index (χ0v) is 19.4. The number of para-hydroxylation sites is 2. The summed E-state index contributed by atoms with van der Waals surface area (Å²) in [7, 11) is 0. The molecule has 172 valence electrons. The van der Waals surface area contributed by atoms with Gasteiger partial charge in [0.05, 0.1) is 24.2 Å². The van der Waals surface area contributed by atoms with E-state index in [1.165, 1.54) is 5.56 Å². The average molecular weight is 438 g/mol. The van der Waals surface area contributed by atoms with Gasteiger partial charge >= 0.3 is 0 Å². The van der Waals surface area contributed by atoms with Gasteiger partial charge in [-0.1, -0.05) is 24.3 Å². The van der Waals surface area contributed by atoms with Gasteiger partial charge in [-0.2, -0.15) is 0 Å². The van der Waals surface area contributed by atoms with Gasteiger partial charge < -0.3 is 25.1 Å². The third kappa shape index (κ3) is 7.27. The van der Waals surface area contributed by atoms with E-state index in [0.717, 1.165) is 60.1 Å². The highest BCUT2D eigenvalue weighted by Crippen LogP contribution is 2.21. The first-order valence-electron chi connectivity index (χ1n) is 11.5. The molecule has 0 amide bonds. The summed E-state index contributed by atoms with van der Waals surface area (Å²) in [4.78, 5) is 12.8. The van der Waals surface area contributed by atoms with Crippen LogP contribution in [0.5, 0.6) is 5.75 Å². The van der Waals surface area contributed by atoms with Crippen LogP contribution in [0.4, 0.5) is 0 Å². The van der Waals surface area contributed by atoms with Gasteiger partial charge in [0.1, 0.15) is 18.2 Å². The van der Waals surface area contributed by atoms with Crippen LogP contribution in [-0.2, 0) is 17.7 Å². The van der Waals surface area contributed by atoms with Crippen LogP contribution in [0, 0.1) is 6.92 Å². The van der Waals surface area contributed by atoms with Gasteiger partial charge in [-0.05, 0) is 51.0 Å². The van der Waals surface area contributed by atoms with Crippen molar-refractivity contribution >= 4 is 17.0 Å². The van der Waals surface area contributed by atoms with Gasteiger partial charge in [-0.25, -0.2) is 9.98 Å². The van der Waals surface area contributed by atoms with Gasteiger partial charge in [-0.3, -0.25) is 0 Å². The molecule has 3 rings (SSSR count). The highest BCUT2D eigenvalue weighted by Gasteiger charge is 2.06. The number of aromatic amines is 1. The van der Waals surface area contributed by atoms with Crippen LogP contribution >= 0.6 is 0 Å². The molecular formula is C25H35N5O2. The molecule has 0 unspecified atom stereocenters. The van der Waals surface area contributed by atoms with Gasteiger partial charge in [0.25, 0.3) is 0 Å². The number of rotatable bonds is 12. The fourth-order valence-corrected chi connectivity index (χ4v) is 3.37. The van der Waals surface area contributed by atoms with E-state index >= 15 is 0 Å². The summed E-state index contributed by atoms with van der Waals surface area (Å²) < 4.78 is 11.3. The summed E-state index contributed by atoms with van der Waals surface area (Å²) in [6, 6.07) is 14.4. The standard InChI is InChI=1S/C25H35N5O2/c1-4-26-25(27-14-8-11-24-29-21-9-6-7-10-22(21)30-24)28-18-20-13-12-19(3)17-23(20)32-16-15-31-5-2/h6-7,9-10,12-13,17H,4-5,8,11,14-16,18H2,1-3H3,(H,29,30)(H2,26,27,28). The van der Waals surface area contributed by atoms with Crippen LogP contribution in [0.1, 0.15) is 37.2 Å². The summed E-state index contributed by atoms with van der Waals surface area (Å²) in [6.45, 7) is 10.1. The average Bonchev–Trinajstić information content (AvgIpc) is 3.21. The Bertz CT molecular complexity index is 966. The number of ether oxygens (including phenoxy) is 2. The van der Waals surface area contributed by atoms with Gasteiger partial charge in [0, 0.05) is 31.7 Å². The van der Waals surface area contributed by atoms with Crippen molar-refractivity contribution in [2.45, 2.75) is 40.2 Å². The molecule has 32 heavy (non-hydrogen) atoms. The summed E-state index contributed by atoms with van der Waals surface area (Å²) in [5.74, 6) is 2.69. The molecule has 0 spiro atoms. The number of fused-ring (bicyclic) bond motifs is 1. The Hall–Kier alpha value is -3.06. The van der Waals surface area contributed by atoms with E-state index in [0.29, 0.717) is 26.4 Å². The van der Waals surface area contributed by atoms with Crippen LogP contribution < -0.4 is 15.4 Å². The van der Waals surface area contributed by atoms with Gasteiger partial charge in [0.15, 0.2) is 5.96 Å². The number of nitrogens with zero attached hydrogens (tertiary/aromatic N) is 2. The first-order chi connectivity index (χ1) is 15.7. The number of benzene rings is 2. The molecule has 7 heteroatoms. The third-order valence-electron chi connectivity index (χ3n) is 4.98. The number of H-pyrrole nitrogens is 1. The van der Waals surface area contributed by atoms with E-state index in [4.69, 9.17) is 14.5 Å². The van der Waals surface area contributed by atoms with Gasteiger partial charge in [-0.15, -0.1) is 0 Å².